The van der Waals surface area contributed by atoms with Crippen molar-refractivity contribution in [2.24, 2.45) is 0 Å². The van der Waals surface area contributed by atoms with Crippen LogP contribution in [0, 0.1) is 10.1 Å². The summed E-state index contributed by atoms with van der Waals surface area (Å²) in [4.78, 5) is 24.8. The van der Waals surface area contributed by atoms with Crippen LogP contribution < -0.4 is 0 Å². The van der Waals surface area contributed by atoms with Crippen LogP contribution >= 0.6 is 24.0 Å². The number of hydrogen-bond donors (Lipinski definition) is 0. The van der Waals surface area contributed by atoms with Gasteiger partial charge in [-0.25, -0.2) is 0 Å². The molecule has 0 bridgehead atoms. The summed E-state index contributed by atoms with van der Waals surface area (Å²) in [6, 6.07) is 9.93. The first-order chi connectivity index (χ1) is 12.0. The van der Waals surface area contributed by atoms with E-state index in [0.717, 1.165) is 11.4 Å². The van der Waals surface area contributed by atoms with Crippen LogP contribution in [0.1, 0.15) is 5.69 Å². The van der Waals surface area contributed by atoms with Gasteiger partial charge >= 0.3 is 0 Å². The predicted molar refractivity (Wildman–Crippen MR) is 102 cm³/mol. The normalized spacial score (nSPS) is 15.8. The Morgan fingerprint density at radius 3 is 2.64 bits per heavy atom. The van der Waals surface area contributed by atoms with E-state index in [4.69, 9.17) is 12.2 Å². The monoisotopic (exact) mass is 371 g/mol. The van der Waals surface area contributed by atoms with Crippen molar-refractivity contribution in [2.45, 2.75) is 0 Å². The molecule has 126 valence electrons. The first-order valence-corrected chi connectivity index (χ1v) is 8.52. The van der Waals surface area contributed by atoms with E-state index in [1.165, 1.54) is 28.8 Å². The van der Waals surface area contributed by atoms with Crippen LogP contribution in [0.4, 0.5) is 5.69 Å². The third-order valence-corrected chi connectivity index (χ3v) is 4.96. The smallest absolute Gasteiger partial charge is 0.269 e. The van der Waals surface area contributed by atoms with Crippen molar-refractivity contribution in [3.05, 3.63) is 76.0 Å². The van der Waals surface area contributed by atoms with E-state index in [1.54, 1.807) is 24.3 Å². The van der Waals surface area contributed by atoms with Gasteiger partial charge in [0.2, 0.25) is 0 Å². The summed E-state index contributed by atoms with van der Waals surface area (Å²) in [6.07, 6.45) is 5.23. The molecule has 0 radical (unpaired) electrons. The number of amides is 1. The van der Waals surface area contributed by atoms with Crippen molar-refractivity contribution in [1.29, 1.82) is 0 Å². The molecule has 1 aromatic carbocycles. The maximum Gasteiger partial charge on any atom is 0.269 e. The molecule has 0 unspecified atom stereocenters. The minimum Gasteiger partial charge on any atom is -0.317 e. The lowest BCUT2D eigenvalue weighted by molar-refractivity contribution is -0.384. The summed E-state index contributed by atoms with van der Waals surface area (Å²) in [5.41, 5.74) is 1.58. The summed E-state index contributed by atoms with van der Waals surface area (Å²) >= 11 is 6.48. The third-order valence-electron chi connectivity index (χ3n) is 3.58. The van der Waals surface area contributed by atoms with Crippen LogP contribution in [0.3, 0.4) is 0 Å². The molecule has 6 nitrogen and oxygen atoms in total. The molecular weight excluding hydrogens is 358 g/mol. The van der Waals surface area contributed by atoms with Gasteiger partial charge in [-0.05, 0) is 30.3 Å². The standard InChI is InChI=1S/C17H13N3O3S2/c1-2-9-19-16(21)15(25-17(19)24)11-14-4-3-10-18(14)12-5-7-13(8-6-12)20(22)23/h2-8,10-11H,1,9H2/b15-11+. The van der Waals surface area contributed by atoms with Gasteiger partial charge in [0.15, 0.2) is 0 Å². The van der Waals surface area contributed by atoms with Gasteiger partial charge in [-0.3, -0.25) is 19.8 Å². The first-order valence-electron chi connectivity index (χ1n) is 7.29. The van der Waals surface area contributed by atoms with Gasteiger partial charge in [0.1, 0.15) is 4.32 Å². The molecule has 1 aromatic heterocycles. The quantitative estimate of drug-likeness (QED) is 0.263. The number of non-ortho nitro benzene ring substituents is 1. The minimum absolute atomic E-state index is 0.0303. The van der Waals surface area contributed by atoms with Gasteiger partial charge < -0.3 is 4.57 Å². The highest BCUT2D eigenvalue weighted by Crippen LogP contribution is 2.32. The Morgan fingerprint density at radius 2 is 2.00 bits per heavy atom. The Balaban J connectivity index is 1.92. The van der Waals surface area contributed by atoms with Crippen molar-refractivity contribution in [1.82, 2.24) is 9.47 Å². The highest BCUT2D eigenvalue weighted by Gasteiger charge is 2.31. The Bertz CT molecular complexity index is 900. The number of nitro benzene ring substituents is 1. The molecule has 0 atom stereocenters. The summed E-state index contributed by atoms with van der Waals surface area (Å²) < 4.78 is 2.36. The number of thioether (sulfide) groups is 1. The Kier molecular flexibility index (Phi) is 4.82. The van der Waals surface area contributed by atoms with Crippen LogP contribution in [0.5, 0.6) is 0 Å². The number of nitro groups is 1. The zero-order valence-electron chi connectivity index (χ0n) is 13.0. The van der Waals surface area contributed by atoms with E-state index in [0.29, 0.717) is 15.8 Å². The van der Waals surface area contributed by atoms with E-state index >= 15 is 0 Å². The Hall–Kier alpha value is -2.71. The summed E-state index contributed by atoms with van der Waals surface area (Å²) in [7, 11) is 0. The molecule has 2 aromatic rings. The lowest BCUT2D eigenvalue weighted by Crippen LogP contribution is -2.27. The van der Waals surface area contributed by atoms with Crippen molar-refractivity contribution >= 4 is 46.0 Å². The molecule has 8 heteroatoms. The van der Waals surface area contributed by atoms with Gasteiger partial charge in [0, 0.05) is 36.3 Å². The topological polar surface area (TPSA) is 68.4 Å². The third kappa shape index (κ3) is 3.40. The second kappa shape index (κ2) is 7.04. The molecule has 1 aliphatic rings. The van der Waals surface area contributed by atoms with Gasteiger partial charge in [0.25, 0.3) is 11.6 Å². The van der Waals surface area contributed by atoms with Crippen molar-refractivity contribution in [2.75, 3.05) is 6.54 Å². The molecule has 2 heterocycles. The Labute approximate surface area is 153 Å². The average Bonchev–Trinajstić information content (AvgIpc) is 3.16. The SMILES string of the molecule is C=CCN1C(=O)/C(=C\c2cccn2-c2ccc([N+](=O)[O-])cc2)SC1=S. The fourth-order valence-corrected chi connectivity index (χ4v) is 3.66. The molecule has 0 aliphatic carbocycles. The van der Waals surface area contributed by atoms with Gasteiger partial charge in [-0.1, -0.05) is 30.1 Å². The number of rotatable bonds is 5. The number of thiocarbonyl (C=S) groups is 1. The minimum atomic E-state index is -0.439. The van der Waals surface area contributed by atoms with Crippen molar-refractivity contribution in [3.8, 4) is 5.69 Å². The average molecular weight is 371 g/mol. The van der Waals surface area contributed by atoms with Crippen molar-refractivity contribution < 1.29 is 9.72 Å². The molecule has 3 rings (SSSR count). The fraction of sp³-hybridized carbons (Fsp3) is 0.0588. The highest BCUT2D eigenvalue weighted by molar-refractivity contribution is 8.26. The second-order valence-corrected chi connectivity index (χ2v) is 6.83. The van der Waals surface area contributed by atoms with Crippen LogP contribution in [-0.4, -0.2) is 31.2 Å². The van der Waals surface area contributed by atoms with Gasteiger partial charge in [-0.15, -0.1) is 6.58 Å². The molecule has 0 spiro atoms. The van der Waals surface area contributed by atoms with Crippen LogP contribution in [0.25, 0.3) is 11.8 Å². The summed E-state index contributed by atoms with van der Waals surface area (Å²) in [5.74, 6) is -0.147. The summed E-state index contributed by atoms with van der Waals surface area (Å²) in [5, 5.41) is 10.8. The van der Waals surface area contributed by atoms with E-state index < -0.39 is 4.92 Å². The molecule has 0 N–H and O–H groups in total. The lowest BCUT2D eigenvalue weighted by atomic mass is 10.2. The molecule has 1 fully saturated rings. The number of hydrogen-bond acceptors (Lipinski definition) is 5. The Morgan fingerprint density at radius 1 is 1.28 bits per heavy atom. The maximum atomic E-state index is 12.4. The molecule has 1 amide bonds. The number of benzene rings is 1. The molecule has 0 saturated carbocycles. The molecular formula is C17H13N3O3S2. The fourth-order valence-electron chi connectivity index (χ4n) is 2.40. The zero-order chi connectivity index (χ0) is 18.0. The van der Waals surface area contributed by atoms with Gasteiger partial charge in [0.05, 0.1) is 9.83 Å². The van der Waals surface area contributed by atoms with E-state index in [-0.39, 0.29) is 11.6 Å². The zero-order valence-corrected chi connectivity index (χ0v) is 14.6. The van der Waals surface area contributed by atoms with Crippen LogP contribution in [0.2, 0.25) is 0 Å². The lowest BCUT2D eigenvalue weighted by Gasteiger charge is -2.10. The van der Waals surface area contributed by atoms with Crippen LogP contribution in [0.15, 0.2) is 60.2 Å². The predicted octanol–water partition coefficient (Wildman–Crippen LogP) is 3.77. The maximum absolute atomic E-state index is 12.4. The molecule has 1 saturated heterocycles. The van der Waals surface area contributed by atoms with Gasteiger partial charge in [-0.2, -0.15) is 0 Å². The van der Waals surface area contributed by atoms with Crippen LogP contribution in [-0.2, 0) is 4.79 Å². The van der Waals surface area contributed by atoms with E-state index in [9.17, 15) is 14.9 Å². The first kappa shape index (κ1) is 17.1. The largest absolute Gasteiger partial charge is 0.317 e. The van der Waals surface area contributed by atoms with E-state index in [1.807, 2.05) is 22.9 Å². The number of aromatic nitrogens is 1. The number of carbonyl (C=O) groups is 1. The molecule has 25 heavy (non-hydrogen) atoms. The number of nitrogens with zero attached hydrogens (tertiary/aromatic N) is 3. The number of carbonyl (C=O) groups excluding carboxylic acids is 1. The van der Waals surface area contributed by atoms with Crippen molar-refractivity contribution in [3.63, 3.8) is 0 Å². The molecule has 1 aliphatic heterocycles. The second-order valence-electron chi connectivity index (χ2n) is 5.16. The summed E-state index contributed by atoms with van der Waals surface area (Å²) in [6.45, 7) is 4.01. The highest BCUT2D eigenvalue weighted by atomic mass is 32.2. The van der Waals surface area contributed by atoms with E-state index in [2.05, 4.69) is 6.58 Å².